The van der Waals surface area contributed by atoms with Gasteiger partial charge in [0.1, 0.15) is 11.6 Å². The minimum Gasteiger partial charge on any atom is -0.444 e. The fraction of sp³-hybridized carbons (Fsp3) is 0.579. The second-order valence-electron chi connectivity index (χ2n) is 7.59. The van der Waals surface area contributed by atoms with Gasteiger partial charge in [0.15, 0.2) is 0 Å². The molecular formula is C19H28N2O3. The average molecular weight is 332 g/mol. The molecule has 5 heteroatoms. The Hall–Kier alpha value is -2.04. The van der Waals surface area contributed by atoms with Crippen molar-refractivity contribution < 1.29 is 14.3 Å². The molecule has 1 aromatic carbocycles. The molecule has 0 bridgehead atoms. The van der Waals surface area contributed by atoms with Crippen molar-refractivity contribution in [2.75, 3.05) is 11.4 Å². The molecule has 1 N–H and O–H groups in total. The smallest absolute Gasteiger partial charge is 0.408 e. The Balaban J connectivity index is 2.17. The zero-order chi connectivity index (χ0) is 17.9. The van der Waals surface area contributed by atoms with Gasteiger partial charge in [-0.25, -0.2) is 4.79 Å². The maximum absolute atomic E-state index is 13.1. The number of anilines is 1. The molecular weight excluding hydrogens is 304 g/mol. The Morgan fingerprint density at radius 3 is 2.50 bits per heavy atom. The van der Waals surface area contributed by atoms with E-state index in [1.807, 2.05) is 32.0 Å². The first kappa shape index (κ1) is 18.3. The summed E-state index contributed by atoms with van der Waals surface area (Å²) in [6.07, 6.45) is 1.35. The zero-order valence-corrected chi connectivity index (χ0v) is 15.3. The highest BCUT2D eigenvalue weighted by Gasteiger charge is 2.32. The number of hydrogen-bond acceptors (Lipinski definition) is 3. The van der Waals surface area contributed by atoms with Gasteiger partial charge in [-0.05, 0) is 51.2 Å². The first-order valence-corrected chi connectivity index (χ1v) is 8.58. The van der Waals surface area contributed by atoms with Gasteiger partial charge in [0.2, 0.25) is 5.91 Å². The summed E-state index contributed by atoms with van der Waals surface area (Å²) in [6, 6.07) is 7.35. The van der Waals surface area contributed by atoms with E-state index in [1.165, 1.54) is 5.56 Å². The molecule has 0 spiro atoms. The lowest BCUT2D eigenvalue weighted by molar-refractivity contribution is -0.121. The van der Waals surface area contributed by atoms with Crippen LogP contribution in [0.1, 0.15) is 46.6 Å². The lowest BCUT2D eigenvalue weighted by Gasteiger charge is -2.34. The number of ether oxygens (including phenoxy) is 1. The Kier molecular flexibility index (Phi) is 5.52. The van der Waals surface area contributed by atoms with Crippen molar-refractivity contribution in [3.8, 4) is 0 Å². The SMILES string of the molecule is CC(C)C(NC(=O)OC(C)(C)C)C(=O)N1CCCc2ccccc21. The van der Waals surface area contributed by atoms with Crippen molar-refractivity contribution in [1.82, 2.24) is 5.32 Å². The maximum Gasteiger partial charge on any atom is 0.408 e. The Labute approximate surface area is 144 Å². The molecule has 0 radical (unpaired) electrons. The molecule has 1 aliphatic heterocycles. The van der Waals surface area contributed by atoms with Crippen molar-refractivity contribution in [2.24, 2.45) is 5.92 Å². The van der Waals surface area contributed by atoms with Gasteiger partial charge in [0.25, 0.3) is 0 Å². The number of aryl methyl sites for hydroxylation is 1. The normalized spacial score (nSPS) is 15.7. The predicted octanol–water partition coefficient (Wildman–Crippen LogP) is 3.52. The lowest BCUT2D eigenvalue weighted by atomic mass is 9.98. The first-order valence-electron chi connectivity index (χ1n) is 8.58. The maximum atomic E-state index is 13.1. The van der Waals surface area contributed by atoms with E-state index in [-0.39, 0.29) is 11.8 Å². The molecule has 0 aromatic heterocycles. The highest BCUT2D eigenvalue weighted by Crippen LogP contribution is 2.28. The van der Waals surface area contributed by atoms with Crippen LogP contribution in [-0.4, -0.2) is 30.2 Å². The van der Waals surface area contributed by atoms with E-state index in [1.54, 1.807) is 25.7 Å². The third kappa shape index (κ3) is 4.49. The van der Waals surface area contributed by atoms with Crippen LogP contribution in [0.4, 0.5) is 10.5 Å². The number of hydrogen-bond donors (Lipinski definition) is 1. The predicted molar refractivity (Wildman–Crippen MR) is 95.1 cm³/mol. The fourth-order valence-corrected chi connectivity index (χ4v) is 2.88. The van der Waals surface area contributed by atoms with Crippen LogP contribution in [0, 0.1) is 5.92 Å². The van der Waals surface area contributed by atoms with Gasteiger partial charge in [-0.2, -0.15) is 0 Å². The van der Waals surface area contributed by atoms with Gasteiger partial charge in [-0.15, -0.1) is 0 Å². The molecule has 0 saturated carbocycles. The number of nitrogens with zero attached hydrogens (tertiary/aromatic N) is 1. The standard InChI is InChI=1S/C19H28N2O3/c1-13(2)16(20-18(23)24-19(3,4)5)17(22)21-12-8-10-14-9-6-7-11-15(14)21/h6-7,9,11,13,16H,8,10,12H2,1-5H3,(H,20,23). The van der Waals surface area contributed by atoms with Crippen LogP contribution in [0.15, 0.2) is 24.3 Å². The van der Waals surface area contributed by atoms with Crippen LogP contribution < -0.4 is 10.2 Å². The average Bonchev–Trinajstić information content (AvgIpc) is 2.49. The summed E-state index contributed by atoms with van der Waals surface area (Å²) >= 11 is 0. The van der Waals surface area contributed by atoms with Crippen molar-refractivity contribution in [3.05, 3.63) is 29.8 Å². The number of nitrogens with one attached hydrogen (secondary N) is 1. The molecule has 1 aliphatic rings. The highest BCUT2D eigenvalue weighted by atomic mass is 16.6. The molecule has 5 nitrogen and oxygen atoms in total. The van der Waals surface area contributed by atoms with Crippen LogP contribution in [0.3, 0.4) is 0 Å². The Morgan fingerprint density at radius 2 is 1.88 bits per heavy atom. The number of para-hydroxylation sites is 1. The molecule has 132 valence electrons. The molecule has 1 atom stereocenters. The second-order valence-corrected chi connectivity index (χ2v) is 7.59. The molecule has 0 aliphatic carbocycles. The van der Waals surface area contributed by atoms with Gasteiger partial charge >= 0.3 is 6.09 Å². The van der Waals surface area contributed by atoms with Crippen molar-refractivity contribution >= 4 is 17.7 Å². The van der Waals surface area contributed by atoms with Gasteiger partial charge in [0, 0.05) is 12.2 Å². The fourth-order valence-electron chi connectivity index (χ4n) is 2.88. The van der Waals surface area contributed by atoms with Crippen LogP contribution in [0.25, 0.3) is 0 Å². The number of rotatable bonds is 3. The van der Waals surface area contributed by atoms with E-state index in [2.05, 4.69) is 11.4 Å². The molecule has 24 heavy (non-hydrogen) atoms. The monoisotopic (exact) mass is 332 g/mol. The molecule has 1 aromatic rings. The quantitative estimate of drug-likeness (QED) is 0.921. The molecule has 1 heterocycles. The topological polar surface area (TPSA) is 58.6 Å². The van der Waals surface area contributed by atoms with Gasteiger partial charge in [-0.1, -0.05) is 32.0 Å². The van der Waals surface area contributed by atoms with Crippen LogP contribution in [0.5, 0.6) is 0 Å². The van der Waals surface area contributed by atoms with E-state index in [4.69, 9.17) is 4.74 Å². The summed E-state index contributed by atoms with van der Waals surface area (Å²) in [6.45, 7) is 9.94. The minimum atomic E-state index is -0.606. The summed E-state index contributed by atoms with van der Waals surface area (Å²) in [5.41, 5.74) is 1.54. The minimum absolute atomic E-state index is 0.0286. The Morgan fingerprint density at radius 1 is 1.21 bits per heavy atom. The van der Waals surface area contributed by atoms with E-state index in [0.29, 0.717) is 6.54 Å². The molecule has 0 fully saturated rings. The molecule has 0 saturated heterocycles. The second kappa shape index (κ2) is 7.24. The van der Waals surface area contributed by atoms with E-state index in [9.17, 15) is 9.59 Å². The largest absolute Gasteiger partial charge is 0.444 e. The number of amides is 2. The number of carbonyl (C=O) groups is 2. The Bertz CT molecular complexity index is 605. The number of fused-ring (bicyclic) bond motifs is 1. The highest BCUT2D eigenvalue weighted by molar-refractivity contribution is 5.99. The molecule has 2 amide bonds. The van der Waals surface area contributed by atoms with Crippen molar-refractivity contribution in [3.63, 3.8) is 0 Å². The van der Waals surface area contributed by atoms with Crippen molar-refractivity contribution in [1.29, 1.82) is 0 Å². The third-order valence-electron chi connectivity index (χ3n) is 3.98. The number of carbonyl (C=O) groups excluding carboxylic acids is 2. The van der Waals surface area contributed by atoms with Crippen LogP contribution in [-0.2, 0) is 16.0 Å². The van der Waals surface area contributed by atoms with Crippen LogP contribution >= 0.6 is 0 Å². The van der Waals surface area contributed by atoms with E-state index in [0.717, 1.165) is 18.5 Å². The lowest BCUT2D eigenvalue weighted by Crippen LogP contribution is -2.53. The van der Waals surface area contributed by atoms with E-state index < -0.39 is 17.7 Å². The number of alkyl carbamates (subject to hydrolysis) is 1. The summed E-state index contributed by atoms with van der Waals surface area (Å²) in [5.74, 6) is -0.109. The van der Waals surface area contributed by atoms with Gasteiger partial charge in [-0.3, -0.25) is 4.79 Å². The van der Waals surface area contributed by atoms with Crippen LogP contribution in [0.2, 0.25) is 0 Å². The summed E-state index contributed by atoms with van der Waals surface area (Å²) in [4.78, 5) is 27.0. The third-order valence-corrected chi connectivity index (χ3v) is 3.98. The summed E-state index contributed by atoms with van der Waals surface area (Å²) < 4.78 is 5.30. The summed E-state index contributed by atoms with van der Waals surface area (Å²) in [7, 11) is 0. The van der Waals surface area contributed by atoms with Gasteiger partial charge < -0.3 is 15.0 Å². The molecule has 1 unspecified atom stereocenters. The molecule has 2 rings (SSSR count). The number of benzene rings is 1. The first-order chi connectivity index (χ1) is 11.2. The van der Waals surface area contributed by atoms with Crippen molar-refractivity contribution in [2.45, 2.75) is 59.1 Å². The van der Waals surface area contributed by atoms with E-state index >= 15 is 0 Å². The zero-order valence-electron chi connectivity index (χ0n) is 15.3. The summed E-state index contributed by atoms with van der Waals surface area (Å²) in [5, 5.41) is 2.75. The van der Waals surface area contributed by atoms with Gasteiger partial charge in [0.05, 0.1) is 0 Å².